The van der Waals surface area contributed by atoms with Gasteiger partial charge in [0.1, 0.15) is 6.20 Å². The van der Waals surface area contributed by atoms with Crippen molar-refractivity contribution in [2.45, 2.75) is 13.8 Å². The van der Waals surface area contributed by atoms with Crippen molar-refractivity contribution < 1.29 is 4.92 Å². The zero-order valence-corrected chi connectivity index (χ0v) is 10.6. The second kappa shape index (κ2) is 5.13. The van der Waals surface area contributed by atoms with Crippen molar-refractivity contribution in [2.75, 3.05) is 32.5 Å². The molecule has 2 N–H and O–H groups in total. The smallest absolute Gasteiger partial charge is 0.366 e. The number of H-pyrrole nitrogens is 1. The van der Waals surface area contributed by atoms with Crippen molar-refractivity contribution in [1.82, 2.24) is 15.1 Å². The van der Waals surface area contributed by atoms with Gasteiger partial charge in [-0.3, -0.25) is 0 Å². The van der Waals surface area contributed by atoms with Crippen LogP contribution in [-0.2, 0) is 0 Å². The lowest BCUT2D eigenvalue weighted by atomic mass is 9.93. The summed E-state index contributed by atoms with van der Waals surface area (Å²) >= 11 is 0. The molecule has 0 fully saturated rings. The van der Waals surface area contributed by atoms with E-state index in [1.807, 2.05) is 14.1 Å². The minimum atomic E-state index is -0.478. The van der Waals surface area contributed by atoms with Gasteiger partial charge in [-0.1, -0.05) is 18.9 Å². The summed E-state index contributed by atoms with van der Waals surface area (Å²) in [6, 6.07) is 0. The van der Waals surface area contributed by atoms with Gasteiger partial charge in [-0.05, 0) is 24.4 Å². The van der Waals surface area contributed by atoms with Gasteiger partial charge < -0.3 is 20.3 Å². The summed E-state index contributed by atoms with van der Waals surface area (Å²) in [5.74, 6) is -0.0920. The van der Waals surface area contributed by atoms with Gasteiger partial charge >= 0.3 is 5.82 Å². The van der Waals surface area contributed by atoms with Crippen molar-refractivity contribution in [2.24, 2.45) is 5.41 Å². The Hall–Kier alpha value is -1.63. The Labute approximate surface area is 100 Å². The molecule has 96 valence electrons. The standard InChI is InChI=1S/C10H19N5O2/c1-10(2,7-14(3)4)6-11-8-5-12-13-9(8)15(16)17/h5,11H,6-7H2,1-4H3,(H,12,13). The van der Waals surface area contributed by atoms with Gasteiger partial charge in [0.25, 0.3) is 0 Å². The molecular formula is C10H19N5O2. The molecule has 0 aliphatic heterocycles. The molecule has 1 heterocycles. The molecule has 0 saturated heterocycles. The molecule has 0 atom stereocenters. The monoisotopic (exact) mass is 241 g/mol. The van der Waals surface area contributed by atoms with E-state index in [0.29, 0.717) is 12.2 Å². The lowest BCUT2D eigenvalue weighted by molar-refractivity contribution is -0.388. The van der Waals surface area contributed by atoms with Crippen LogP contribution >= 0.6 is 0 Å². The van der Waals surface area contributed by atoms with E-state index < -0.39 is 4.92 Å². The lowest BCUT2D eigenvalue weighted by Gasteiger charge is -2.28. The van der Waals surface area contributed by atoms with Crippen LogP contribution in [0.15, 0.2) is 6.20 Å². The molecule has 1 aromatic heterocycles. The second-order valence-corrected chi connectivity index (χ2v) is 5.14. The normalized spacial score (nSPS) is 11.8. The van der Waals surface area contributed by atoms with Gasteiger partial charge in [-0.2, -0.15) is 0 Å². The van der Waals surface area contributed by atoms with E-state index in [1.54, 1.807) is 0 Å². The van der Waals surface area contributed by atoms with E-state index in [0.717, 1.165) is 6.54 Å². The fraction of sp³-hybridized carbons (Fsp3) is 0.700. The Morgan fingerprint density at radius 2 is 2.24 bits per heavy atom. The van der Waals surface area contributed by atoms with Crippen molar-refractivity contribution >= 4 is 11.5 Å². The van der Waals surface area contributed by atoms with Crippen LogP contribution < -0.4 is 5.32 Å². The number of rotatable bonds is 6. The minimum Gasteiger partial charge on any atom is -0.376 e. The number of nitrogens with zero attached hydrogens (tertiary/aromatic N) is 3. The topological polar surface area (TPSA) is 87.1 Å². The summed E-state index contributed by atoms with van der Waals surface area (Å²) in [5.41, 5.74) is 0.455. The van der Waals surface area contributed by atoms with E-state index in [4.69, 9.17) is 0 Å². The number of aromatic nitrogens is 2. The molecule has 0 aliphatic carbocycles. The van der Waals surface area contributed by atoms with Crippen LogP contribution in [0.5, 0.6) is 0 Å². The number of hydrogen-bond acceptors (Lipinski definition) is 5. The van der Waals surface area contributed by atoms with Crippen LogP contribution in [0.3, 0.4) is 0 Å². The van der Waals surface area contributed by atoms with E-state index in [1.165, 1.54) is 6.20 Å². The predicted octanol–water partition coefficient (Wildman–Crippen LogP) is 1.32. The highest BCUT2D eigenvalue weighted by Crippen LogP contribution is 2.23. The molecule has 0 aliphatic rings. The van der Waals surface area contributed by atoms with Crippen molar-refractivity contribution in [3.63, 3.8) is 0 Å². The largest absolute Gasteiger partial charge is 0.376 e. The summed E-state index contributed by atoms with van der Waals surface area (Å²) in [6.07, 6.45) is 1.43. The van der Waals surface area contributed by atoms with Crippen molar-refractivity contribution in [3.05, 3.63) is 16.3 Å². The third-order valence-electron chi connectivity index (χ3n) is 2.30. The highest BCUT2D eigenvalue weighted by molar-refractivity contribution is 5.55. The summed E-state index contributed by atoms with van der Waals surface area (Å²) in [5, 5.41) is 19.8. The predicted molar refractivity (Wildman–Crippen MR) is 66.1 cm³/mol. The van der Waals surface area contributed by atoms with E-state index in [9.17, 15) is 10.1 Å². The van der Waals surface area contributed by atoms with Gasteiger partial charge in [0.2, 0.25) is 0 Å². The fourth-order valence-electron chi connectivity index (χ4n) is 1.79. The zero-order valence-electron chi connectivity index (χ0n) is 10.6. The molecule has 0 unspecified atom stereocenters. The Kier molecular flexibility index (Phi) is 4.06. The van der Waals surface area contributed by atoms with Gasteiger partial charge in [0, 0.05) is 13.1 Å². The van der Waals surface area contributed by atoms with Crippen LogP contribution in [0.2, 0.25) is 0 Å². The van der Waals surface area contributed by atoms with Crippen LogP contribution in [0.1, 0.15) is 13.8 Å². The average Bonchev–Trinajstić information content (AvgIpc) is 2.60. The van der Waals surface area contributed by atoms with E-state index in [2.05, 4.69) is 34.3 Å². The molecule has 0 aromatic carbocycles. The first kappa shape index (κ1) is 13.4. The first-order chi connectivity index (χ1) is 7.82. The third kappa shape index (κ3) is 4.03. The quantitative estimate of drug-likeness (QED) is 0.579. The van der Waals surface area contributed by atoms with E-state index in [-0.39, 0.29) is 11.2 Å². The Balaban J connectivity index is 2.61. The first-order valence-electron chi connectivity index (χ1n) is 5.38. The van der Waals surface area contributed by atoms with Gasteiger partial charge in [0.05, 0.1) is 0 Å². The number of aromatic amines is 1. The first-order valence-corrected chi connectivity index (χ1v) is 5.38. The molecule has 17 heavy (non-hydrogen) atoms. The van der Waals surface area contributed by atoms with Crippen molar-refractivity contribution in [3.8, 4) is 0 Å². The molecule has 0 amide bonds. The number of nitro groups is 1. The molecule has 0 radical (unpaired) electrons. The van der Waals surface area contributed by atoms with Crippen LogP contribution in [0, 0.1) is 15.5 Å². The minimum absolute atomic E-state index is 0.0225. The molecule has 1 aromatic rings. The van der Waals surface area contributed by atoms with Crippen LogP contribution in [0.4, 0.5) is 11.5 Å². The maximum absolute atomic E-state index is 10.7. The number of hydrogen-bond donors (Lipinski definition) is 2. The second-order valence-electron chi connectivity index (χ2n) is 5.14. The summed E-state index contributed by atoms with van der Waals surface area (Å²) in [4.78, 5) is 12.3. The molecule has 7 heteroatoms. The van der Waals surface area contributed by atoms with Gasteiger partial charge in [0.15, 0.2) is 5.69 Å². The summed E-state index contributed by atoms with van der Waals surface area (Å²) in [6.45, 7) is 5.75. The Morgan fingerprint density at radius 1 is 1.59 bits per heavy atom. The van der Waals surface area contributed by atoms with Gasteiger partial charge in [-0.25, -0.2) is 0 Å². The molecule has 7 nitrogen and oxygen atoms in total. The third-order valence-corrected chi connectivity index (χ3v) is 2.30. The fourth-order valence-corrected chi connectivity index (χ4v) is 1.79. The molecule has 0 bridgehead atoms. The lowest BCUT2D eigenvalue weighted by Crippen LogP contribution is -2.34. The summed E-state index contributed by atoms with van der Waals surface area (Å²) in [7, 11) is 4.00. The zero-order chi connectivity index (χ0) is 13.1. The van der Waals surface area contributed by atoms with Gasteiger partial charge in [-0.15, -0.1) is 5.10 Å². The Morgan fingerprint density at radius 3 is 2.76 bits per heavy atom. The maximum atomic E-state index is 10.7. The SMILES string of the molecule is CN(C)CC(C)(C)CNc1cn[nH]c1[N+](=O)[O-]. The van der Waals surface area contributed by atoms with E-state index >= 15 is 0 Å². The average molecular weight is 241 g/mol. The van der Waals surface area contributed by atoms with Crippen LogP contribution in [-0.4, -0.2) is 47.2 Å². The van der Waals surface area contributed by atoms with Crippen LogP contribution in [0.25, 0.3) is 0 Å². The Bertz CT molecular complexity index is 386. The maximum Gasteiger partial charge on any atom is 0.366 e. The molecule has 1 rings (SSSR count). The number of nitrogens with one attached hydrogen (secondary N) is 2. The molecule has 0 saturated carbocycles. The van der Waals surface area contributed by atoms with Crippen molar-refractivity contribution in [1.29, 1.82) is 0 Å². The molecule has 0 spiro atoms. The number of anilines is 1. The highest BCUT2D eigenvalue weighted by atomic mass is 16.6. The highest BCUT2D eigenvalue weighted by Gasteiger charge is 2.21. The summed E-state index contributed by atoms with van der Waals surface area (Å²) < 4.78 is 0. The molecular weight excluding hydrogens is 222 g/mol.